The molecule has 1 fully saturated rings. The summed E-state index contributed by atoms with van der Waals surface area (Å²) in [7, 11) is 0. The summed E-state index contributed by atoms with van der Waals surface area (Å²) in [6.07, 6.45) is -6.94. The Labute approximate surface area is 142 Å². The van der Waals surface area contributed by atoms with Gasteiger partial charge in [0.05, 0.1) is 5.16 Å². The van der Waals surface area contributed by atoms with Crippen molar-refractivity contribution in [3.05, 3.63) is 0 Å². The number of amides is 1. The van der Waals surface area contributed by atoms with Crippen molar-refractivity contribution in [3.8, 4) is 0 Å². The molecule has 5 atom stereocenters. The summed E-state index contributed by atoms with van der Waals surface area (Å²) >= 11 is 4.48. The number of thiocarbonyl (C=S) groups is 1. The molecule has 2 N–H and O–H groups in total. The summed E-state index contributed by atoms with van der Waals surface area (Å²) in [5, 5.41) is 2.02. The third-order valence-electron chi connectivity index (χ3n) is 2.88. The smallest absolute Gasteiger partial charge is 0.303 e. The lowest BCUT2D eigenvalue weighted by Gasteiger charge is -2.41. The van der Waals surface area contributed by atoms with E-state index in [1.54, 1.807) is 0 Å². The van der Waals surface area contributed by atoms with Gasteiger partial charge in [-0.15, -0.1) is 0 Å². The first kappa shape index (κ1) is 19.7. The van der Waals surface area contributed by atoms with Crippen molar-refractivity contribution in [2.45, 2.75) is 51.4 Å². The number of esters is 3. The Morgan fingerprint density at radius 3 is 1.83 bits per heavy atom. The van der Waals surface area contributed by atoms with Crippen molar-refractivity contribution in [2.24, 2.45) is 10.7 Å². The number of aliphatic imine (C=N–C) groups is 1. The lowest BCUT2D eigenvalue weighted by molar-refractivity contribution is -0.241. The first-order valence-corrected chi connectivity index (χ1v) is 7.11. The van der Waals surface area contributed by atoms with Crippen LogP contribution in [0.25, 0.3) is 0 Å². The predicted octanol–water partition coefficient (Wildman–Crippen LogP) is -0.905. The van der Waals surface area contributed by atoms with Gasteiger partial charge in [-0.25, -0.2) is 0 Å². The largest absolute Gasteiger partial charge is 0.455 e. The number of nitrogens with zero attached hydrogens (tertiary/aromatic N) is 1. The Balaban J connectivity index is 3.35. The van der Waals surface area contributed by atoms with Crippen LogP contribution in [-0.4, -0.2) is 59.6 Å². The number of ether oxygens (including phenoxy) is 4. The first-order chi connectivity index (χ1) is 11.2. The summed E-state index contributed by atoms with van der Waals surface area (Å²) in [6, 6.07) is 0. The Bertz CT molecular complexity index is 561. The number of carbonyl (C=O) groups is 4. The summed E-state index contributed by atoms with van der Waals surface area (Å²) in [5.74, 6) is -3.30. The molecule has 0 aromatic rings. The van der Waals surface area contributed by atoms with Crippen LogP contribution < -0.4 is 5.73 Å². The fraction of sp³-hybridized carbons (Fsp3) is 0.615. The van der Waals surface area contributed by atoms with Crippen LogP contribution in [0.2, 0.25) is 0 Å². The van der Waals surface area contributed by atoms with E-state index in [1.165, 1.54) is 0 Å². The Hall–Kier alpha value is -2.36. The van der Waals surface area contributed by atoms with Crippen LogP contribution in [-0.2, 0) is 38.1 Å². The predicted molar refractivity (Wildman–Crippen MR) is 79.5 cm³/mol. The molecule has 24 heavy (non-hydrogen) atoms. The number of nitrogens with two attached hydrogens (primary N) is 1. The van der Waals surface area contributed by atoms with Gasteiger partial charge >= 0.3 is 17.9 Å². The minimum absolute atomic E-state index is 0.746. The highest BCUT2D eigenvalue weighted by Gasteiger charge is 2.53. The van der Waals surface area contributed by atoms with E-state index in [-0.39, 0.29) is 0 Å². The lowest BCUT2D eigenvalue weighted by Crippen LogP contribution is -2.63. The zero-order chi connectivity index (χ0) is 18.4. The molecule has 0 saturated carbocycles. The highest BCUT2D eigenvalue weighted by Crippen LogP contribution is 2.29. The molecular weight excluding hydrogens is 344 g/mol. The second-order valence-electron chi connectivity index (χ2n) is 4.79. The van der Waals surface area contributed by atoms with Crippen molar-refractivity contribution >= 4 is 41.2 Å². The molecule has 0 bridgehead atoms. The monoisotopic (exact) mass is 360 g/mol. The molecule has 1 aliphatic heterocycles. The Kier molecular flexibility index (Phi) is 6.96. The van der Waals surface area contributed by atoms with Gasteiger partial charge in [-0.1, -0.05) is 0 Å². The van der Waals surface area contributed by atoms with Gasteiger partial charge in [0.25, 0.3) is 5.91 Å². The van der Waals surface area contributed by atoms with E-state index in [1.807, 2.05) is 5.16 Å². The van der Waals surface area contributed by atoms with Crippen LogP contribution in [0.4, 0.5) is 0 Å². The topological polar surface area (TPSA) is 144 Å². The lowest BCUT2D eigenvalue weighted by atomic mass is 9.96. The molecule has 11 heteroatoms. The van der Waals surface area contributed by atoms with Crippen LogP contribution in [0.3, 0.4) is 0 Å². The van der Waals surface area contributed by atoms with Gasteiger partial charge in [-0.2, -0.15) is 4.99 Å². The molecule has 1 amide bonds. The SMILES string of the molecule is CC(=O)OC1C(N=C=S)OC(C(N)=O)C(OC(C)=O)C1OC(C)=O. The molecule has 0 aromatic carbocycles. The van der Waals surface area contributed by atoms with E-state index in [4.69, 9.17) is 24.7 Å². The summed E-state index contributed by atoms with van der Waals surface area (Å²) in [5.41, 5.74) is 5.24. The van der Waals surface area contributed by atoms with Gasteiger partial charge in [0.15, 0.2) is 30.6 Å². The minimum atomic E-state index is -1.50. The Morgan fingerprint density at radius 2 is 1.42 bits per heavy atom. The van der Waals surface area contributed by atoms with Crippen LogP contribution in [0.1, 0.15) is 20.8 Å². The molecule has 5 unspecified atom stereocenters. The molecule has 1 heterocycles. The molecule has 0 aromatic heterocycles. The summed E-state index contributed by atoms with van der Waals surface area (Å²) < 4.78 is 20.4. The molecule has 1 saturated heterocycles. The van der Waals surface area contributed by atoms with Crippen molar-refractivity contribution in [3.63, 3.8) is 0 Å². The van der Waals surface area contributed by atoms with Crippen LogP contribution in [0.5, 0.6) is 0 Å². The van der Waals surface area contributed by atoms with Crippen molar-refractivity contribution in [2.75, 3.05) is 0 Å². The van der Waals surface area contributed by atoms with Gasteiger partial charge in [-0.05, 0) is 12.2 Å². The number of hydrogen-bond donors (Lipinski definition) is 1. The van der Waals surface area contributed by atoms with E-state index in [0.29, 0.717) is 0 Å². The number of primary amides is 1. The van der Waals surface area contributed by atoms with Gasteiger partial charge in [0.2, 0.25) is 0 Å². The molecule has 1 rings (SSSR count). The number of isothiocyanates is 1. The highest BCUT2D eigenvalue weighted by molar-refractivity contribution is 7.78. The van der Waals surface area contributed by atoms with E-state index in [9.17, 15) is 19.2 Å². The molecule has 10 nitrogen and oxygen atoms in total. The van der Waals surface area contributed by atoms with E-state index >= 15 is 0 Å². The second kappa shape index (κ2) is 8.48. The maximum absolute atomic E-state index is 11.6. The number of rotatable bonds is 5. The van der Waals surface area contributed by atoms with E-state index < -0.39 is 54.5 Å². The quantitative estimate of drug-likeness (QED) is 0.285. The fourth-order valence-electron chi connectivity index (χ4n) is 2.17. The summed E-state index contributed by atoms with van der Waals surface area (Å²) in [4.78, 5) is 49.3. The van der Waals surface area contributed by atoms with Crippen molar-refractivity contribution < 1.29 is 38.1 Å². The molecule has 0 aliphatic carbocycles. The van der Waals surface area contributed by atoms with Gasteiger partial charge in [-0.3, -0.25) is 19.2 Å². The van der Waals surface area contributed by atoms with Crippen molar-refractivity contribution in [1.29, 1.82) is 0 Å². The highest BCUT2D eigenvalue weighted by atomic mass is 32.1. The third-order valence-corrected chi connectivity index (χ3v) is 2.98. The second-order valence-corrected chi connectivity index (χ2v) is 4.97. The third kappa shape index (κ3) is 5.08. The van der Waals surface area contributed by atoms with E-state index in [0.717, 1.165) is 20.8 Å². The average molecular weight is 360 g/mol. The number of carbonyl (C=O) groups excluding carboxylic acids is 4. The maximum atomic E-state index is 11.6. The molecule has 0 radical (unpaired) electrons. The van der Waals surface area contributed by atoms with Crippen molar-refractivity contribution in [1.82, 2.24) is 0 Å². The zero-order valence-corrected chi connectivity index (χ0v) is 13.9. The standard InChI is InChI=1S/C13H16N2O8S/c1-5(16)20-8-9(21-6(2)17)11(22-7(3)18)13(15-4-24)23-10(8)12(14)19/h8-11,13H,1-3H3,(H2,14,19). The van der Waals surface area contributed by atoms with Gasteiger partial charge in [0.1, 0.15) is 0 Å². The maximum Gasteiger partial charge on any atom is 0.303 e. The fourth-order valence-corrected chi connectivity index (χ4v) is 2.28. The average Bonchev–Trinajstić information content (AvgIpc) is 2.43. The molecule has 0 spiro atoms. The van der Waals surface area contributed by atoms with Crippen LogP contribution >= 0.6 is 12.2 Å². The van der Waals surface area contributed by atoms with Gasteiger partial charge < -0.3 is 24.7 Å². The molecule has 132 valence electrons. The molecule has 1 aliphatic rings. The summed E-state index contributed by atoms with van der Waals surface area (Å²) in [6.45, 7) is 3.26. The van der Waals surface area contributed by atoms with E-state index in [2.05, 4.69) is 17.2 Å². The van der Waals surface area contributed by atoms with Gasteiger partial charge in [0, 0.05) is 20.8 Å². The number of hydrogen-bond acceptors (Lipinski definition) is 10. The van der Waals surface area contributed by atoms with Crippen LogP contribution in [0, 0.1) is 0 Å². The molecular formula is C13H16N2O8S. The zero-order valence-electron chi connectivity index (χ0n) is 13.1. The first-order valence-electron chi connectivity index (χ1n) is 6.70. The Morgan fingerprint density at radius 1 is 0.958 bits per heavy atom. The minimum Gasteiger partial charge on any atom is -0.455 e. The van der Waals surface area contributed by atoms with Crippen LogP contribution in [0.15, 0.2) is 4.99 Å². The normalized spacial score (nSPS) is 28.9.